The Kier molecular flexibility index (Phi) is 7.08. The SMILES string of the molecule is C[C@@H](C#CC(C)(C)C)NC1=NS(=O)N=C1Nc1ccc(Br)c(C(=O)N(C)C)c1O. The molecule has 29 heavy (non-hydrogen) atoms. The number of hydrogen-bond acceptors (Lipinski definition) is 5. The molecule has 2 atom stereocenters. The lowest BCUT2D eigenvalue weighted by molar-refractivity contribution is 0.0824. The van der Waals surface area contributed by atoms with Crippen LogP contribution in [-0.4, -0.2) is 51.9 Å². The second-order valence-corrected chi connectivity index (χ2v) is 9.32. The number of phenolic OH excluding ortho intramolecular Hbond substituents is 1. The monoisotopic (exact) mass is 481 g/mol. The number of rotatable bonds is 3. The highest BCUT2D eigenvalue weighted by atomic mass is 79.9. The molecule has 1 aliphatic heterocycles. The predicted octanol–water partition coefficient (Wildman–Crippen LogP) is 2.69. The van der Waals surface area contributed by atoms with Crippen molar-refractivity contribution >= 4 is 50.4 Å². The van der Waals surface area contributed by atoms with Gasteiger partial charge in [0, 0.05) is 24.0 Å². The van der Waals surface area contributed by atoms with Crippen molar-refractivity contribution in [2.24, 2.45) is 14.2 Å². The normalized spacial score (nSPS) is 16.9. The summed E-state index contributed by atoms with van der Waals surface area (Å²) < 4.78 is 20.2. The van der Waals surface area contributed by atoms with Gasteiger partial charge in [0.15, 0.2) is 17.4 Å². The van der Waals surface area contributed by atoms with E-state index in [1.807, 2.05) is 27.7 Å². The molecule has 1 aromatic rings. The van der Waals surface area contributed by atoms with Crippen molar-refractivity contribution in [2.45, 2.75) is 33.7 Å². The van der Waals surface area contributed by atoms with Crippen LogP contribution in [0.25, 0.3) is 0 Å². The third-order valence-corrected chi connectivity index (χ3v) is 4.92. The second kappa shape index (κ2) is 8.97. The fraction of sp³-hybridized carbons (Fsp3) is 0.421. The molecule has 0 radical (unpaired) electrons. The minimum atomic E-state index is -1.79. The standard InChI is InChI=1S/C19H24BrN5O3S/c1-11(9-10-19(2,3)4)21-16-17(24-29(28)23-16)22-13-8-7-12(20)14(15(13)26)18(27)25(5)6/h7-8,11,26H,1-6H3,(H,21,23)(H,22,24)/t11-,29?/m0/s1. The lowest BCUT2D eigenvalue weighted by Gasteiger charge is -2.17. The zero-order valence-corrected chi connectivity index (χ0v) is 19.5. The first-order valence-electron chi connectivity index (χ1n) is 8.78. The molecule has 1 unspecified atom stereocenters. The van der Waals surface area contributed by atoms with E-state index in [-0.39, 0.29) is 46.0 Å². The van der Waals surface area contributed by atoms with Crippen LogP contribution in [-0.2, 0) is 11.2 Å². The van der Waals surface area contributed by atoms with E-state index in [1.165, 1.54) is 4.90 Å². The fourth-order valence-corrected chi connectivity index (χ4v) is 3.34. The number of phenols is 1. The molecule has 2 rings (SSSR count). The first-order valence-corrected chi connectivity index (χ1v) is 10.6. The van der Waals surface area contributed by atoms with Gasteiger partial charge in [-0.2, -0.15) is 0 Å². The van der Waals surface area contributed by atoms with Gasteiger partial charge in [-0.05, 0) is 55.8 Å². The first kappa shape index (κ1) is 22.9. The highest BCUT2D eigenvalue weighted by Gasteiger charge is 2.24. The van der Waals surface area contributed by atoms with Gasteiger partial charge in [-0.15, -0.1) is 8.80 Å². The van der Waals surface area contributed by atoms with Crippen LogP contribution in [0.4, 0.5) is 5.69 Å². The summed E-state index contributed by atoms with van der Waals surface area (Å²) in [4.78, 5) is 13.7. The summed E-state index contributed by atoms with van der Waals surface area (Å²) in [6.45, 7) is 7.87. The van der Waals surface area contributed by atoms with Gasteiger partial charge in [0.2, 0.25) is 0 Å². The summed E-state index contributed by atoms with van der Waals surface area (Å²) >= 11 is 1.49. The number of anilines is 1. The Morgan fingerprint density at radius 3 is 2.48 bits per heavy atom. The Bertz CT molecular complexity index is 971. The van der Waals surface area contributed by atoms with Crippen LogP contribution in [0.1, 0.15) is 38.1 Å². The van der Waals surface area contributed by atoms with Crippen LogP contribution >= 0.6 is 15.9 Å². The predicted molar refractivity (Wildman–Crippen MR) is 120 cm³/mol. The van der Waals surface area contributed by atoms with Crippen LogP contribution < -0.4 is 10.6 Å². The molecule has 0 bridgehead atoms. The maximum Gasteiger partial charge on any atom is 0.269 e. The van der Waals surface area contributed by atoms with Crippen molar-refractivity contribution in [1.82, 2.24) is 10.2 Å². The number of hydrogen-bond donors (Lipinski definition) is 3. The Hall–Kier alpha value is -2.38. The van der Waals surface area contributed by atoms with E-state index < -0.39 is 11.2 Å². The van der Waals surface area contributed by atoms with Gasteiger partial charge in [0.1, 0.15) is 0 Å². The van der Waals surface area contributed by atoms with E-state index >= 15 is 0 Å². The number of carbonyl (C=O) groups is 1. The summed E-state index contributed by atoms with van der Waals surface area (Å²) in [5.41, 5.74) is 0.193. The highest BCUT2D eigenvalue weighted by molar-refractivity contribution is 9.10. The molecule has 1 amide bonds. The summed E-state index contributed by atoms with van der Waals surface area (Å²) in [6, 6.07) is 2.95. The number of carbonyl (C=O) groups excluding carboxylic acids is 1. The molecular formula is C19H24BrN5O3S. The van der Waals surface area contributed by atoms with Crippen molar-refractivity contribution in [3.8, 4) is 17.6 Å². The Morgan fingerprint density at radius 1 is 1.28 bits per heavy atom. The molecule has 1 aliphatic rings. The van der Waals surface area contributed by atoms with E-state index in [4.69, 9.17) is 0 Å². The maximum absolute atomic E-state index is 12.4. The maximum atomic E-state index is 12.4. The average molecular weight is 482 g/mol. The molecule has 1 heterocycles. The van der Waals surface area contributed by atoms with Crippen molar-refractivity contribution < 1.29 is 14.1 Å². The topological polar surface area (TPSA) is 106 Å². The van der Waals surface area contributed by atoms with Crippen LogP contribution in [0.3, 0.4) is 0 Å². The van der Waals surface area contributed by atoms with E-state index in [2.05, 4.69) is 47.2 Å². The van der Waals surface area contributed by atoms with Crippen molar-refractivity contribution in [2.75, 3.05) is 19.4 Å². The summed E-state index contributed by atoms with van der Waals surface area (Å²) in [7, 11) is 3.18. The number of benzene rings is 1. The van der Waals surface area contributed by atoms with Gasteiger partial charge in [-0.25, -0.2) is 4.21 Å². The molecular weight excluding hydrogens is 458 g/mol. The molecule has 8 nitrogen and oxygen atoms in total. The fourth-order valence-electron chi connectivity index (χ4n) is 2.23. The summed E-state index contributed by atoms with van der Waals surface area (Å²) in [5, 5.41) is 16.6. The van der Waals surface area contributed by atoms with Crippen LogP contribution in [0, 0.1) is 17.3 Å². The van der Waals surface area contributed by atoms with Crippen LogP contribution in [0.15, 0.2) is 25.4 Å². The quantitative estimate of drug-likeness (QED) is 0.454. The Labute approximate surface area is 181 Å². The van der Waals surface area contributed by atoms with Crippen molar-refractivity contribution in [3.05, 3.63) is 22.2 Å². The van der Waals surface area contributed by atoms with Gasteiger partial charge < -0.3 is 20.6 Å². The van der Waals surface area contributed by atoms with E-state index in [1.54, 1.807) is 26.2 Å². The minimum Gasteiger partial charge on any atom is -0.505 e. The minimum absolute atomic E-state index is 0.107. The Balaban J connectivity index is 2.27. The molecule has 156 valence electrons. The summed E-state index contributed by atoms with van der Waals surface area (Å²) in [5.74, 6) is 6.04. The van der Waals surface area contributed by atoms with Crippen LogP contribution in [0.2, 0.25) is 0 Å². The molecule has 3 N–H and O–H groups in total. The van der Waals surface area contributed by atoms with Gasteiger partial charge >= 0.3 is 0 Å². The van der Waals surface area contributed by atoms with Crippen molar-refractivity contribution in [3.63, 3.8) is 0 Å². The van der Waals surface area contributed by atoms with Crippen LogP contribution in [0.5, 0.6) is 5.75 Å². The van der Waals surface area contributed by atoms with Crippen molar-refractivity contribution in [1.29, 1.82) is 0 Å². The zero-order valence-electron chi connectivity index (χ0n) is 17.1. The third-order valence-electron chi connectivity index (χ3n) is 3.58. The number of nitrogens with one attached hydrogen (secondary N) is 2. The Morgan fingerprint density at radius 2 is 1.90 bits per heavy atom. The molecule has 0 aliphatic carbocycles. The highest BCUT2D eigenvalue weighted by Crippen LogP contribution is 2.34. The lowest BCUT2D eigenvalue weighted by Crippen LogP contribution is -2.39. The first-order chi connectivity index (χ1) is 13.4. The lowest BCUT2D eigenvalue weighted by atomic mass is 9.97. The van der Waals surface area contributed by atoms with E-state index in [0.29, 0.717) is 4.47 Å². The number of nitrogens with zero attached hydrogens (tertiary/aromatic N) is 3. The average Bonchev–Trinajstić information content (AvgIpc) is 2.94. The number of halogens is 1. The molecule has 1 aromatic carbocycles. The number of aromatic hydroxyl groups is 1. The summed E-state index contributed by atoms with van der Waals surface area (Å²) in [6.07, 6.45) is 0. The third kappa shape index (κ3) is 6.05. The largest absolute Gasteiger partial charge is 0.505 e. The second-order valence-electron chi connectivity index (χ2n) is 7.64. The molecule has 0 saturated heterocycles. The van der Waals surface area contributed by atoms with E-state index in [0.717, 1.165) is 0 Å². The van der Waals surface area contributed by atoms with Gasteiger partial charge in [-0.3, -0.25) is 4.79 Å². The smallest absolute Gasteiger partial charge is 0.269 e. The van der Waals surface area contributed by atoms with Gasteiger partial charge in [-0.1, -0.05) is 11.8 Å². The number of amidine groups is 2. The van der Waals surface area contributed by atoms with E-state index in [9.17, 15) is 14.1 Å². The molecule has 0 spiro atoms. The molecule has 0 saturated carbocycles. The molecule has 0 aromatic heterocycles. The molecule has 10 heteroatoms. The number of amides is 1. The van der Waals surface area contributed by atoms with Gasteiger partial charge in [0.25, 0.3) is 17.1 Å². The molecule has 0 fully saturated rings. The zero-order chi connectivity index (χ0) is 21.9. The van der Waals surface area contributed by atoms with Gasteiger partial charge in [0.05, 0.1) is 17.3 Å².